The van der Waals surface area contributed by atoms with Crippen LogP contribution in [0.1, 0.15) is 13.3 Å². The fourth-order valence-corrected chi connectivity index (χ4v) is 1.63. The maximum Gasteiger partial charge on any atom is 0.391 e. The second-order valence-corrected chi connectivity index (χ2v) is 4.56. The lowest BCUT2D eigenvalue weighted by Gasteiger charge is -2.16. The van der Waals surface area contributed by atoms with Crippen LogP contribution in [0, 0.1) is 10.1 Å². The van der Waals surface area contributed by atoms with E-state index in [0.717, 1.165) is 0 Å². The highest BCUT2D eigenvalue weighted by atomic mass is 79.9. The molecule has 1 aromatic heterocycles. The molecule has 0 amide bonds. The molecule has 18 heavy (non-hydrogen) atoms. The number of halogens is 4. The van der Waals surface area contributed by atoms with Gasteiger partial charge in [0.1, 0.15) is 0 Å². The first-order valence-electron chi connectivity index (χ1n) is 4.82. The van der Waals surface area contributed by atoms with Gasteiger partial charge in [-0.15, -0.1) is 0 Å². The Balaban J connectivity index is 2.87. The molecule has 0 saturated heterocycles. The Morgan fingerprint density at radius 3 is 2.72 bits per heavy atom. The molecule has 0 bridgehead atoms. The quantitative estimate of drug-likeness (QED) is 0.678. The minimum Gasteiger partial charge on any atom is -0.362 e. The topological polar surface area (TPSA) is 68.1 Å². The first kappa shape index (κ1) is 14.7. The Kier molecular flexibility index (Phi) is 4.49. The van der Waals surface area contributed by atoms with Gasteiger partial charge in [0.2, 0.25) is 5.82 Å². The predicted molar refractivity (Wildman–Crippen MR) is 62.3 cm³/mol. The van der Waals surface area contributed by atoms with Crippen molar-refractivity contribution in [1.29, 1.82) is 0 Å². The predicted octanol–water partition coefficient (Wildman–Crippen LogP) is 3.51. The first-order valence-corrected chi connectivity index (χ1v) is 5.61. The molecule has 1 unspecified atom stereocenters. The van der Waals surface area contributed by atoms with Crippen LogP contribution in [0.4, 0.5) is 24.7 Å². The van der Waals surface area contributed by atoms with Crippen molar-refractivity contribution in [2.24, 2.45) is 0 Å². The van der Waals surface area contributed by atoms with Gasteiger partial charge in [-0.25, -0.2) is 4.98 Å². The standard InChI is InChI=1S/C9H9BrF3N3O2/c1-5(3-9(11,12)13)15-8-7(16(17)18)2-6(10)4-14-8/h2,4-5H,3H2,1H3,(H,14,15). The van der Waals surface area contributed by atoms with Gasteiger partial charge in [-0.1, -0.05) is 0 Å². The zero-order valence-electron chi connectivity index (χ0n) is 9.16. The van der Waals surface area contributed by atoms with Crippen molar-refractivity contribution in [2.45, 2.75) is 25.6 Å². The summed E-state index contributed by atoms with van der Waals surface area (Å²) in [4.78, 5) is 13.7. The molecule has 0 aliphatic carbocycles. The van der Waals surface area contributed by atoms with Crippen LogP contribution in [0.25, 0.3) is 0 Å². The third kappa shape index (κ3) is 4.47. The van der Waals surface area contributed by atoms with Crippen molar-refractivity contribution < 1.29 is 18.1 Å². The molecule has 1 N–H and O–H groups in total. The van der Waals surface area contributed by atoms with E-state index in [1.165, 1.54) is 19.2 Å². The van der Waals surface area contributed by atoms with Gasteiger partial charge in [0.05, 0.1) is 11.3 Å². The van der Waals surface area contributed by atoms with Crippen LogP contribution in [-0.4, -0.2) is 22.1 Å². The Morgan fingerprint density at radius 2 is 2.22 bits per heavy atom. The summed E-state index contributed by atoms with van der Waals surface area (Å²) < 4.78 is 36.8. The second-order valence-electron chi connectivity index (χ2n) is 3.64. The number of nitrogens with one attached hydrogen (secondary N) is 1. The van der Waals surface area contributed by atoms with Crippen molar-refractivity contribution >= 4 is 27.4 Å². The molecule has 100 valence electrons. The molecule has 1 aromatic rings. The molecule has 1 atom stereocenters. The number of pyridine rings is 1. The molecule has 0 fully saturated rings. The molecule has 0 spiro atoms. The molecule has 0 saturated carbocycles. The van der Waals surface area contributed by atoms with Gasteiger partial charge < -0.3 is 5.32 Å². The molecule has 9 heteroatoms. The van der Waals surface area contributed by atoms with Gasteiger partial charge in [0.25, 0.3) is 0 Å². The normalized spacial score (nSPS) is 13.2. The lowest BCUT2D eigenvalue weighted by Crippen LogP contribution is -2.24. The molecule has 0 radical (unpaired) electrons. The fraction of sp³-hybridized carbons (Fsp3) is 0.444. The van der Waals surface area contributed by atoms with Crippen LogP contribution in [0.15, 0.2) is 16.7 Å². The third-order valence-electron chi connectivity index (χ3n) is 1.95. The van der Waals surface area contributed by atoms with E-state index in [0.29, 0.717) is 4.47 Å². The third-order valence-corrected chi connectivity index (χ3v) is 2.39. The van der Waals surface area contributed by atoms with Gasteiger partial charge in [-0.05, 0) is 22.9 Å². The van der Waals surface area contributed by atoms with Crippen molar-refractivity contribution in [1.82, 2.24) is 4.98 Å². The Hall–Kier alpha value is -1.38. The van der Waals surface area contributed by atoms with E-state index < -0.39 is 23.6 Å². The Labute approximate surface area is 109 Å². The molecule has 0 aliphatic rings. The maximum atomic E-state index is 12.1. The summed E-state index contributed by atoms with van der Waals surface area (Å²) in [6.45, 7) is 1.28. The molecule has 1 rings (SSSR count). The number of anilines is 1. The average molecular weight is 328 g/mol. The summed E-state index contributed by atoms with van der Waals surface area (Å²) in [5, 5.41) is 13.1. The van der Waals surface area contributed by atoms with E-state index in [1.807, 2.05) is 0 Å². The number of aromatic nitrogens is 1. The lowest BCUT2D eigenvalue weighted by atomic mass is 10.2. The van der Waals surface area contributed by atoms with Gasteiger partial charge in [0, 0.05) is 22.8 Å². The number of rotatable bonds is 4. The zero-order chi connectivity index (χ0) is 13.9. The van der Waals surface area contributed by atoms with Crippen LogP contribution in [0.2, 0.25) is 0 Å². The van der Waals surface area contributed by atoms with Crippen LogP contribution in [0.5, 0.6) is 0 Å². The lowest BCUT2D eigenvalue weighted by molar-refractivity contribution is -0.384. The highest BCUT2D eigenvalue weighted by Crippen LogP contribution is 2.28. The smallest absolute Gasteiger partial charge is 0.362 e. The van der Waals surface area contributed by atoms with Crippen LogP contribution >= 0.6 is 15.9 Å². The summed E-state index contributed by atoms with van der Waals surface area (Å²) >= 11 is 3.00. The molecular weight excluding hydrogens is 319 g/mol. The number of nitrogens with zero attached hydrogens (tertiary/aromatic N) is 2. The Bertz CT molecular complexity index is 453. The number of nitro groups is 1. The van der Waals surface area contributed by atoms with E-state index in [9.17, 15) is 23.3 Å². The molecule has 1 heterocycles. The van der Waals surface area contributed by atoms with Crippen LogP contribution in [0.3, 0.4) is 0 Å². The number of alkyl halides is 3. The SMILES string of the molecule is CC(CC(F)(F)F)Nc1ncc(Br)cc1[N+](=O)[O-]. The first-order chi connectivity index (χ1) is 8.19. The number of hydrogen-bond donors (Lipinski definition) is 1. The monoisotopic (exact) mass is 327 g/mol. The van der Waals surface area contributed by atoms with E-state index in [-0.39, 0.29) is 11.5 Å². The largest absolute Gasteiger partial charge is 0.391 e. The molecule has 0 aliphatic heterocycles. The van der Waals surface area contributed by atoms with Crippen molar-refractivity contribution in [3.63, 3.8) is 0 Å². The molecule has 0 aromatic carbocycles. The minimum absolute atomic E-state index is 0.181. The highest BCUT2D eigenvalue weighted by molar-refractivity contribution is 9.10. The fourth-order valence-electron chi connectivity index (χ4n) is 1.31. The van der Waals surface area contributed by atoms with Gasteiger partial charge in [-0.3, -0.25) is 10.1 Å². The van der Waals surface area contributed by atoms with Crippen molar-refractivity contribution in [2.75, 3.05) is 5.32 Å². The molecule has 5 nitrogen and oxygen atoms in total. The van der Waals surface area contributed by atoms with Crippen molar-refractivity contribution in [3.8, 4) is 0 Å². The summed E-state index contributed by atoms with van der Waals surface area (Å²) in [6, 6.07) is 0.174. The van der Waals surface area contributed by atoms with E-state index >= 15 is 0 Å². The average Bonchev–Trinajstić information content (AvgIpc) is 2.17. The summed E-state index contributed by atoms with van der Waals surface area (Å²) in [5.74, 6) is -0.181. The zero-order valence-corrected chi connectivity index (χ0v) is 10.7. The van der Waals surface area contributed by atoms with Gasteiger partial charge in [0.15, 0.2) is 0 Å². The minimum atomic E-state index is -4.34. The Morgan fingerprint density at radius 1 is 1.61 bits per heavy atom. The summed E-state index contributed by atoms with van der Waals surface area (Å²) in [7, 11) is 0. The maximum absolute atomic E-state index is 12.1. The summed E-state index contributed by atoms with van der Waals surface area (Å²) in [6.07, 6.45) is -4.16. The van der Waals surface area contributed by atoms with Gasteiger partial charge in [-0.2, -0.15) is 13.2 Å². The van der Waals surface area contributed by atoms with E-state index in [4.69, 9.17) is 0 Å². The summed E-state index contributed by atoms with van der Waals surface area (Å²) in [5.41, 5.74) is -0.376. The van der Waals surface area contributed by atoms with Crippen LogP contribution in [-0.2, 0) is 0 Å². The highest BCUT2D eigenvalue weighted by Gasteiger charge is 2.31. The second kappa shape index (κ2) is 5.51. The van der Waals surface area contributed by atoms with Crippen LogP contribution < -0.4 is 5.32 Å². The van der Waals surface area contributed by atoms with Gasteiger partial charge >= 0.3 is 11.9 Å². The van der Waals surface area contributed by atoms with Crippen molar-refractivity contribution in [3.05, 3.63) is 26.9 Å². The molecular formula is C9H9BrF3N3O2. The number of hydrogen-bond acceptors (Lipinski definition) is 4. The van der Waals surface area contributed by atoms with E-state index in [1.54, 1.807) is 0 Å². The van der Waals surface area contributed by atoms with E-state index in [2.05, 4.69) is 26.2 Å².